The van der Waals surface area contributed by atoms with Gasteiger partial charge in [-0.3, -0.25) is 4.79 Å². The van der Waals surface area contributed by atoms with Crippen molar-refractivity contribution in [2.45, 2.75) is 50.9 Å². The predicted octanol–water partition coefficient (Wildman–Crippen LogP) is 6.37. The third-order valence-corrected chi connectivity index (χ3v) is 7.48. The van der Waals surface area contributed by atoms with Gasteiger partial charge in [-0.05, 0) is 104 Å². The zero-order chi connectivity index (χ0) is 18.6. The van der Waals surface area contributed by atoms with Crippen LogP contribution < -0.4 is 5.32 Å². The van der Waals surface area contributed by atoms with Gasteiger partial charge in [-0.15, -0.1) is 0 Å². The van der Waals surface area contributed by atoms with Crippen molar-refractivity contribution < 1.29 is 4.79 Å². The molecule has 6 rings (SSSR count). The van der Waals surface area contributed by atoms with Crippen molar-refractivity contribution in [1.82, 2.24) is 0 Å². The molecular formula is C24H26ClNO. The summed E-state index contributed by atoms with van der Waals surface area (Å²) in [5, 5.41) is 3.49. The molecule has 0 saturated heterocycles. The minimum absolute atomic E-state index is 0.150. The van der Waals surface area contributed by atoms with Crippen LogP contribution in [0.4, 0.5) is 5.69 Å². The van der Waals surface area contributed by atoms with Crippen LogP contribution in [0.1, 0.15) is 60.0 Å². The molecule has 4 fully saturated rings. The molecule has 0 heterocycles. The Balaban J connectivity index is 1.34. The van der Waals surface area contributed by atoms with Crippen LogP contribution in [0.2, 0.25) is 5.02 Å². The predicted molar refractivity (Wildman–Crippen MR) is 110 cm³/mol. The summed E-state index contributed by atoms with van der Waals surface area (Å²) in [7, 11) is 0. The van der Waals surface area contributed by atoms with Crippen LogP contribution >= 0.6 is 11.6 Å². The first-order valence-electron chi connectivity index (χ1n) is 10.2. The number of anilines is 1. The molecule has 4 saturated carbocycles. The van der Waals surface area contributed by atoms with Gasteiger partial charge in [0.05, 0.1) is 10.6 Å². The van der Waals surface area contributed by atoms with Crippen LogP contribution in [0, 0.1) is 24.7 Å². The number of carbonyl (C=O) groups excluding carboxylic acids is 1. The van der Waals surface area contributed by atoms with E-state index in [1.165, 1.54) is 44.1 Å². The first kappa shape index (κ1) is 17.3. The Kier molecular flexibility index (Phi) is 4.09. The zero-order valence-corrected chi connectivity index (χ0v) is 16.6. The van der Waals surface area contributed by atoms with Crippen molar-refractivity contribution in [2.24, 2.45) is 17.8 Å². The number of halogens is 1. The quantitative estimate of drug-likeness (QED) is 0.659. The fourth-order valence-corrected chi connectivity index (χ4v) is 6.69. The van der Waals surface area contributed by atoms with Gasteiger partial charge in [0.25, 0.3) is 5.91 Å². The minimum atomic E-state index is -0.150. The van der Waals surface area contributed by atoms with E-state index in [9.17, 15) is 4.79 Å². The molecule has 0 spiro atoms. The topological polar surface area (TPSA) is 29.1 Å². The average Bonchev–Trinajstić information content (AvgIpc) is 2.61. The number of rotatable bonds is 3. The lowest BCUT2D eigenvalue weighted by Crippen LogP contribution is -2.48. The normalized spacial score (nSPS) is 31.1. The second kappa shape index (κ2) is 6.38. The minimum Gasteiger partial charge on any atom is -0.322 e. The highest BCUT2D eigenvalue weighted by Crippen LogP contribution is 2.60. The average molecular weight is 380 g/mol. The first-order valence-corrected chi connectivity index (χ1v) is 10.6. The number of amides is 1. The summed E-state index contributed by atoms with van der Waals surface area (Å²) < 4.78 is 0. The smallest absolute Gasteiger partial charge is 0.257 e. The summed E-state index contributed by atoms with van der Waals surface area (Å²) in [5.74, 6) is 2.68. The number of benzene rings is 2. The van der Waals surface area contributed by atoms with Crippen molar-refractivity contribution in [3.05, 3.63) is 64.2 Å². The van der Waals surface area contributed by atoms with E-state index in [1.807, 2.05) is 19.1 Å². The van der Waals surface area contributed by atoms with E-state index in [2.05, 4.69) is 29.6 Å². The number of hydrogen-bond acceptors (Lipinski definition) is 1. The van der Waals surface area contributed by atoms with Crippen molar-refractivity contribution in [3.63, 3.8) is 0 Å². The molecule has 4 aliphatic rings. The molecule has 3 heteroatoms. The maximum Gasteiger partial charge on any atom is 0.257 e. The Morgan fingerprint density at radius 3 is 2.11 bits per heavy atom. The molecule has 0 atom stereocenters. The van der Waals surface area contributed by atoms with Crippen molar-refractivity contribution in [3.8, 4) is 0 Å². The summed E-state index contributed by atoms with van der Waals surface area (Å²) in [6, 6.07) is 14.2. The van der Waals surface area contributed by atoms with E-state index in [0.717, 1.165) is 29.0 Å². The van der Waals surface area contributed by atoms with E-state index in [-0.39, 0.29) is 5.91 Å². The standard InChI is InChI=1S/C24H26ClNO/c1-15-2-7-21(22(25)8-15)23(27)26-20-5-3-19(4-6-20)24-12-16-9-17(13-24)11-18(10-16)14-24/h2-8,16-18H,9-14H2,1H3,(H,26,27). The van der Waals surface area contributed by atoms with Gasteiger partial charge >= 0.3 is 0 Å². The Morgan fingerprint density at radius 1 is 0.963 bits per heavy atom. The van der Waals surface area contributed by atoms with Crippen LogP contribution in [0.15, 0.2) is 42.5 Å². The Morgan fingerprint density at radius 2 is 1.56 bits per heavy atom. The molecule has 4 bridgehead atoms. The van der Waals surface area contributed by atoms with Gasteiger partial charge in [0, 0.05) is 5.69 Å². The first-order chi connectivity index (χ1) is 13.0. The largest absolute Gasteiger partial charge is 0.322 e. The summed E-state index contributed by atoms with van der Waals surface area (Å²) in [5.41, 5.74) is 4.29. The van der Waals surface area contributed by atoms with Gasteiger partial charge in [-0.1, -0.05) is 29.8 Å². The second-order valence-electron chi connectivity index (χ2n) is 9.21. The lowest BCUT2D eigenvalue weighted by molar-refractivity contribution is -0.00518. The van der Waals surface area contributed by atoms with E-state index in [4.69, 9.17) is 11.6 Å². The van der Waals surface area contributed by atoms with Gasteiger partial charge in [0.2, 0.25) is 0 Å². The van der Waals surface area contributed by atoms with Crippen molar-refractivity contribution in [2.75, 3.05) is 5.32 Å². The molecule has 2 aromatic carbocycles. The maximum atomic E-state index is 12.6. The molecule has 1 amide bonds. The highest BCUT2D eigenvalue weighted by atomic mass is 35.5. The molecule has 27 heavy (non-hydrogen) atoms. The van der Waals surface area contributed by atoms with E-state index >= 15 is 0 Å². The lowest BCUT2D eigenvalue weighted by atomic mass is 9.48. The monoisotopic (exact) mass is 379 g/mol. The highest BCUT2D eigenvalue weighted by molar-refractivity contribution is 6.34. The Hall–Kier alpha value is -1.80. The van der Waals surface area contributed by atoms with Crippen molar-refractivity contribution >= 4 is 23.2 Å². The van der Waals surface area contributed by atoms with Gasteiger partial charge in [-0.25, -0.2) is 0 Å². The molecule has 4 aliphatic carbocycles. The highest BCUT2D eigenvalue weighted by Gasteiger charge is 2.51. The molecule has 140 valence electrons. The van der Waals surface area contributed by atoms with Crippen molar-refractivity contribution in [1.29, 1.82) is 0 Å². The van der Waals surface area contributed by atoms with E-state index in [0.29, 0.717) is 16.0 Å². The summed E-state index contributed by atoms with van der Waals surface area (Å²) in [6.45, 7) is 1.97. The van der Waals surface area contributed by atoms with Crippen LogP contribution in [-0.4, -0.2) is 5.91 Å². The fraction of sp³-hybridized carbons (Fsp3) is 0.458. The summed E-state index contributed by atoms with van der Waals surface area (Å²) in [4.78, 5) is 12.6. The molecule has 0 aliphatic heterocycles. The molecule has 2 nitrogen and oxygen atoms in total. The summed E-state index contributed by atoms with van der Waals surface area (Å²) >= 11 is 6.23. The van der Waals surface area contributed by atoms with Crippen LogP contribution in [0.5, 0.6) is 0 Å². The van der Waals surface area contributed by atoms with Gasteiger partial charge in [0.15, 0.2) is 0 Å². The SMILES string of the molecule is Cc1ccc(C(=O)Nc2ccc(C34CC5CC(CC(C5)C3)C4)cc2)c(Cl)c1. The van der Waals surface area contributed by atoms with Crippen LogP contribution in [-0.2, 0) is 5.41 Å². The number of aryl methyl sites for hydroxylation is 1. The molecule has 1 N–H and O–H groups in total. The van der Waals surface area contributed by atoms with Gasteiger partial charge < -0.3 is 5.32 Å². The van der Waals surface area contributed by atoms with Crippen LogP contribution in [0.25, 0.3) is 0 Å². The molecule has 2 aromatic rings. The zero-order valence-electron chi connectivity index (χ0n) is 15.8. The molecule has 0 unspecified atom stereocenters. The Labute approximate surface area is 166 Å². The number of hydrogen-bond donors (Lipinski definition) is 1. The Bertz CT molecular complexity index is 850. The molecule has 0 radical (unpaired) electrons. The third kappa shape index (κ3) is 3.08. The fourth-order valence-electron chi connectivity index (χ4n) is 6.37. The third-order valence-electron chi connectivity index (χ3n) is 7.16. The van der Waals surface area contributed by atoms with Crippen LogP contribution in [0.3, 0.4) is 0 Å². The lowest BCUT2D eigenvalue weighted by Gasteiger charge is -2.57. The van der Waals surface area contributed by atoms with E-state index in [1.54, 1.807) is 6.07 Å². The van der Waals surface area contributed by atoms with Gasteiger partial charge in [0.1, 0.15) is 0 Å². The number of nitrogens with one attached hydrogen (secondary N) is 1. The van der Waals surface area contributed by atoms with Gasteiger partial charge in [-0.2, -0.15) is 0 Å². The van der Waals surface area contributed by atoms with E-state index < -0.39 is 0 Å². The summed E-state index contributed by atoms with van der Waals surface area (Å²) in [6.07, 6.45) is 8.48. The molecule has 0 aromatic heterocycles. The number of carbonyl (C=O) groups is 1. The molecular weight excluding hydrogens is 354 g/mol. The maximum absolute atomic E-state index is 12.6. The second-order valence-corrected chi connectivity index (χ2v) is 9.62.